The molecule has 2 aromatic carbocycles. The molecule has 0 spiro atoms. The van der Waals surface area contributed by atoms with Crippen molar-refractivity contribution in [2.24, 2.45) is 0 Å². The van der Waals surface area contributed by atoms with Gasteiger partial charge in [-0.05, 0) is 55.8 Å². The minimum absolute atomic E-state index is 0.0125. The molecule has 1 unspecified atom stereocenters. The van der Waals surface area contributed by atoms with Gasteiger partial charge < -0.3 is 14.8 Å². The van der Waals surface area contributed by atoms with E-state index >= 15 is 0 Å². The first-order valence-electron chi connectivity index (χ1n) is 8.57. The third kappa shape index (κ3) is 5.31. The molecule has 5 heteroatoms. The molecule has 1 saturated heterocycles. The maximum atomic E-state index is 12.2. The van der Waals surface area contributed by atoms with E-state index in [1.54, 1.807) is 0 Å². The Kier molecular flexibility index (Phi) is 5.68. The molecular formula is C20H24N2O3. The van der Waals surface area contributed by atoms with Gasteiger partial charge in [0.25, 0.3) is 0 Å². The van der Waals surface area contributed by atoms with Crippen LogP contribution in [-0.2, 0) is 9.53 Å². The predicted molar refractivity (Wildman–Crippen MR) is 98.2 cm³/mol. The van der Waals surface area contributed by atoms with E-state index in [2.05, 4.69) is 10.2 Å². The van der Waals surface area contributed by atoms with Crippen molar-refractivity contribution in [1.29, 1.82) is 0 Å². The maximum absolute atomic E-state index is 12.2. The molecule has 1 atom stereocenters. The van der Waals surface area contributed by atoms with Gasteiger partial charge in [0.15, 0.2) is 0 Å². The van der Waals surface area contributed by atoms with E-state index in [0.717, 1.165) is 35.8 Å². The van der Waals surface area contributed by atoms with Crippen molar-refractivity contribution in [3.05, 3.63) is 54.1 Å². The van der Waals surface area contributed by atoms with E-state index in [-0.39, 0.29) is 12.0 Å². The van der Waals surface area contributed by atoms with E-state index < -0.39 is 0 Å². The summed E-state index contributed by atoms with van der Waals surface area (Å²) in [6, 6.07) is 15.3. The van der Waals surface area contributed by atoms with Crippen LogP contribution in [0.4, 0.5) is 5.69 Å². The first-order chi connectivity index (χ1) is 12.1. The van der Waals surface area contributed by atoms with Crippen LogP contribution in [0.15, 0.2) is 48.5 Å². The Morgan fingerprint density at radius 1 is 1.24 bits per heavy atom. The van der Waals surface area contributed by atoms with E-state index in [9.17, 15) is 4.79 Å². The van der Waals surface area contributed by atoms with Crippen LogP contribution in [0.2, 0.25) is 0 Å². The summed E-state index contributed by atoms with van der Waals surface area (Å²) in [4.78, 5) is 14.3. The van der Waals surface area contributed by atoms with Crippen molar-refractivity contribution >= 4 is 11.6 Å². The monoisotopic (exact) mass is 340 g/mol. The Morgan fingerprint density at radius 3 is 2.76 bits per heavy atom. The van der Waals surface area contributed by atoms with Gasteiger partial charge in [0, 0.05) is 18.8 Å². The smallest absolute Gasteiger partial charge is 0.238 e. The van der Waals surface area contributed by atoms with Crippen molar-refractivity contribution in [3.63, 3.8) is 0 Å². The van der Waals surface area contributed by atoms with Gasteiger partial charge in [-0.15, -0.1) is 0 Å². The fourth-order valence-corrected chi connectivity index (χ4v) is 2.86. The summed E-state index contributed by atoms with van der Waals surface area (Å²) in [6.45, 7) is 6.70. The predicted octanol–water partition coefficient (Wildman–Crippen LogP) is 3.45. The van der Waals surface area contributed by atoms with Crippen molar-refractivity contribution in [1.82, 2.24) is 4.90 Å². The van der Waals surface area contributed by atoms with Gasteiger partial charge in [-0.25, -0.2) is 0 Å². The molecule has 0 saturated carbocycles. The van der Waals surface area contributed by atoms with Crippen molar-refractivity contribution in [3.8, 4) is 11.5 Å². The lowest BCUT2D eigenvalue weighted by Crippen LogP contribution is -2.44. The number of carbonyl (C=O) groups is 1. The Balaban J connectivity index is 1.52. The molecule has 1 aliphatic rings. The minimum Gasteiger partial charge on any atom is -0.457 e. The maximum Gasteiger partial charge on any atom is 0.238 e. The van der Waals surface area contributed by atoms with Crippen molar-refractivity contribution in [2.45, 2.75) is 20.0 Å². The number of nitrogens with zero attached hydrogens (tertiary/aromatic N) is 1. The van der Waals surface area contributed by atoms with Crippen LogP contribution in [0.25, 0.3) is 0 Å². The number of carbonyl (C=O) groups excluding carboxylic acids is 1. The Hall–Kier alpha value is -2.37. The molecular weight excluding hydrogens is 316 g/mol. The summed E-state index contributed by atoms with van der Waals surface area (Å²) in [5.41, 5.74) is 1.92. The zero-order chi connectivity index (χ0) is 17.6. The van der Waals surface area contributed by atoms with E-state index in [1.807, 2.05) is 62.4 Å². The summed E-state index contributed by atoms with van der Waals surface area (Å²) >= 11 is 0. The average molecular weight is 340 g/mol. The summed E-state index contributed by atoms with van der Waals surface area (Å²) in [7, 11) is 0. The van der Waals surface area contributed by atoms with Gasteiger partial charge in [-0.3, -0.25) is 9.69 Å². The fourth-order valence-electron chi connectivity index (χ4n) is 2.86. The highest BCUT2D eigenvalue weighted by atomic mass is 16.5. The molecule has 0 aromatic heterocycles. The van der Waals surface area contributed by atoms with Gasteiger partial charge in [0.1, 0.15) is 11.5 Å². The molecule has 1 heterocycles. The number of amides is 1. The number of hydrogen-bond acceptors (Lipinski definition) is 4. The lowest BCUT2D eigenvalue weighted by molar-refractivity contribution is -0.119. The molecule has 5 nitrogen and oxygen atoms in total. The summed E-state index contributed by atoms with van der Waals surface area (Å²) in [6.07, 6.45) is 0.180. The Morgan fingerprint density at radius 2 is 2.04 bits per heavy atom. The van der Waals surface area contributed by atoms with Crippen LogP contribution >= 0.6 is 0 Å². The third-order valence-corrected chi connectivity index (χ3v) is 4.06. The number of hydrogen-bond donors (Lipinski definition) is 1. The molecule has 0 aliphatic carbocycles. The molecule has 25 heavy (non-hydrogen) atoms. The number of aryl methyl sites for hydroxylation is 1. The van der Waals surface area contributed by atoms with Gasteiger partial charge >= 0.3 is 0 Å². The van der Waals surface area contributed by atoms with Crippen LogP contribution in [0, 0.1) is 6.92 Å². The summed E-state index contributed by atoms with van der Waals surface area (Å²) < 4.78 is 11.3. The second kappa shape index (κ2) is 8.14. The zero-order valence-electron chi connectivity index (χ0n) is 14.7. The molecule has 132 valence electrons. The highest BCUT2D eigenvalue weighted by Crippen LogP contribution is 2.23. The number of anilines is 1. The van der Waals surface area contributed by atoms with Crippen LogP contribution in [0.5, 0.6) is 11.5 Å². The lowest BCUT2D eigenvalue weighted by atomic mass is 10.2. The quantitative estimate of drug-likeness (QED) is 0.906. The van der Waals surface area contributed by atoms with E-state index in [1.165, 1.54) is 0 Å². The molecule has 2 aromatic rings. The standard InChI is InChI=1S/C20H24N2O3/c1-15-4-3-5-19(12-15)25-18-8-6-17(7-9-18)21-20(23)14-22-10-11-24-16(2)13-22/h3-9,12,16H,10-11,13-14H2,1-2H3,(H,21,23). The molecule has 0 bridgehead atoms. The molecule has 3 rings (SSSR count). The third-order valence-electron chi connectivity index (χ3n) is 4.06. The minimum atomic E-state index is -0.0125. The topological polar surface area (TPSA) is 50.8 Å². The van der Waals surface area contributed by atoms with Gasteiger partial charge in [0.2, 0.25) is 5.91 Å². The second-order valence-electron chi connectivity index (χ2n) is 6.41. The number of morpholine rings is 1. The number of nitrogens with one attached hydrogen (secondary N) is 1. The van der Waals surface area contributed by atoms with Gasteiger partial charge in [-0.1, -0.05) is 12.1 Å². The highest BCUT2D eigenvalue weighted by molar-refractivity contribution is 5.92. The molecule has 1 aliphatic heterocycles. The Bertz CT molecular complexity index is 715. The Labute approximate surface area is 148 Å². The van der Waals surface area contributed by atoms with Crippen LogP contribution in [-0.4, -0.2) is 43.2 Å². The number of benzene rings is 2. The van der Waals surface area contributed by atoms with E-state index in [0.29, 0.717) is 13.2 Å². The highest BCUT2D eigenvalue weighted by Gasteiger charge is 2.18. The zero-order valence-corrected chi connectivity index (χ0v) is 14.7. The van der Waals surface area contributed by atoms with Crippen LogP contribution < -0.4 is 10.1 Å². The lowest BCUT2D eigenvalue weighted by Gasteiger charge is -2.30. The fraction of sp³-hybridized carbons (Fsp3) is 0.350. The summed E-state index contributed by atoms with van der Waals surface area (Å²) in [5, 5.41) is 2.93. The second-order valence-corrected chi connectivity index (χ2v) is 6.41. The SMILES string of the molecule is Cc1cccc(Oc2ccc(NC(=O)CN3CCOC(C)C3)cc2)c1. The van der Waals surface area contributed by atoms with E-state index in [4.69, 9.17) is 9.47 Å². The normalized spacial score (nSPS) is 17.9. The largest absolute Gasteiger partial charge is 0.457 e. The first-order valence-corrected chi connectivity index (χ1v) is 8.57. The van der Waals surface area contributed by atoms with Crippen molar-refractivity contribution in [2.75, 3.05) is 31.6 Å². The first kappa shape index (κ1) is 17.5. The molecule has 1 fully saturated rings. The van der Waals surface area contributed by atoms with Gasteiger partial charge in [-0.2, -0.15) is 0 Å². The van der Waals surface area contributed by atoms with Crippen LogP contribution in [0.3, 0.4) is 0 Å². The molecule has 0 radical (unpaired) electrons. The van der Waals surface area contributed by atoms with Crippen LogP contribution in [0.1, 0.15) is 12.5 Å². The molecule has 1 amide bonds. The van der Waals surface area contributed by atoms with Crippen molar-refractivity contribution < 1.29 is 14.3 Å². The average Bonchev–Trinajstić information content (AvgIpc) is 2.57. The van der Waals surface area contributed by atoms with Gasteiger partial charge in [0.05, 0.1) is 19.3 Å². The molecule has 1 N–H and O–H groups in total. The summed E-state index contributed by atoms with van der Waals surface area (Å²) in [5.74, 6) is 1.53. The number of ether oxygens (including phenoxy) is 2. The number of rotatable bonds is 5.